The fourth-order valence-corrected chi connectivity index (χ4v) is 4.24. The van der Waals surface area contributed by atoms with Crippen molar-refractivity contribution in [2.75, 3.05) is 18.4 Å². The Hall–Kier alpha value is -2.39. The summed E-state index contributed by atoms with van der Waals surface area (Å²) < 4.78 is 36.6. The van der Waals surface area contributed by atoms with E-state index in [2.05, 4.69) is 9.46 Å². The smallest absolute Gasteiger partial charge is 0.349 e. The van der Waals surface area contributed by atoms with E-state index in [9.17, 15) is 18.0 Å². The number of anilines is 1. The van der Waals surface area contributed by atoms with Crippen molar-refractivity contribution in [3.05, 3.63) is 46.2 Å². The molecule has 2 aromatic rings. The summed E-state index contributed by atoms with van der Waals surface area (Å²) in [5.74, 6) is -1.21. The minimum Gasteiger partial charge on any atom is -0.465 e. The summed E-state index contributed by atoms with van der Waals surface area (Å²) in [6, 6.07) is 7.10. The van der Waals surface area contributed by atoms with Crippen molar-refractivity contribution in [1.82, 2.24) is 0 Å². The van der Waals surface area contributed by atoms with Gasteiger partial charge in [0.25, 0.3) is 10.0 Å². The maximum atomic E-state index is 12.4. The number of nitrogens with one attached hydrogen (secondary N) is 1. The van der Waals surface area contributed by atoms with Crippen LogP contribution < -0.4 is 4.72 Å². The van der Waals surface area contributed by atoms with E-state index >= 15 is 0 Å². The van der Waals surface area contributed by atoms with Crippen LogP contribution in [-0.2, 0) is 19.5 Å². The SMILES string of the molecule is CCOC(=O)c1ccc(NS(=O)(=O)c2ccsc2C(=O)OC)cc1. The standard InChI is InChI=1S/C15H15NO6S2/c1-3-22-14(17)10-4-6-11(7-5-10)16-24(19,20)12-8-9-23-13(12)15(18)21-2/h4-9,16H,3H2,1-2H3. The second-order valence-corrected chi connectivity index (χ2v) is 7.08. The lowest BCUT2D eigenvalue weighted by Crippen LogP contribution is -2.16. The Morgan fingerprint density at radius 1 is 1.12 bits per heavy atom. The van der Waals surface area contributed by atoms with Gasteiger partial charge in [0, 0.05) is 5.69 Å². The number of rotatable bonds is 6. The van der Waals surface area contributed by atoms with Crippen molar-refractivity contribution in [2.24, 2.45) is 0 Å². The van der Waals surface area contributed by atoms with Gasteiger partial charge in [0.15, 0.2) is 0 Å². The number of ether oxygens (including phenoxy) is 2. The number of sulfonamides is 1. The monoisotopic (exact) mass is 369 g/mol. The predicted molar refractivity (Wildman–Crippen MR) is 88.9 cm³/mol. The van der Waals surface area contributed by atoms with Crippen LogP contribution in [-0.4, -0.2) is 34.1 Å². The van der Waals surface area contributed by atoms with Gasteiger partial charge in [-0.2, -0.15) is 0 Å². The van der Waals surface area contributed by atoms with Gasteiger partial charge in [-0.05, 0) is 42.6 Å². The van der Waals surface area contributed by atoms with E-state index in [1.807, 2.05) is 0 Å². The van der Waals surface area contributed by atoms with Crippen LogP contribution >= 0.6 is 11.3 Å². The van der Waals surface area contributed by atoms with Crippen LogP contribution in [0.3, 0.4) is 0 Å². The molecular formula is C15H15NO6S2. The first-order valence-corrected chi connectivity index (χ1v) is 9.21. The molecule has 24 heavy (non-hydrogen) atoms. The van der Waals surface area contributed by atoms with Gasteiger partial charge in [-0.25, -0.2) is 18.0 Å². The molecule has 7 nitrogen and oxygen atoms in total. The highest BCUT2D eigenvalue weighted by atomic mass is 32.2. The maximum Gasteiger partial charge on any atom is 0.349 e. The van der Waals surface area contributed by atoms with E-state index in [-0.39, 0.29) is 22.1 Å². The molecule has 128 valence electrons. The third-order valence-corrected chi connectivity index (χ3v) is 5.38. The molecule has 0 unspecified atom stereocenters. The predicted octanol–water partition coefficient (Wildman–Crippen LogP) is 2.51. The lowest BCUT2D eigenvalue weighted by atomic mass is 10.2. The average molecular weight is 369 g/mol. The largest absolute Gasteiger partial charge is 0.465 e. The number of esters is 2. The van der Waals surface area contributed by atoms with E-state index in [0.717, 1.165) is 11.3 Å². The Morgan fingerprint density at radius 2 is 1.79 bits per heavy atom. The van der Waals surface area contributed by atoms with Crippen molar-refractivity contribution in [2.45, 2.75) is 11.8 Å². The van der Waals surface area contributed by atoms with Crippen molar-refractivity contribution < 1.29 is 27.5 Å². The zero-order valence-corrected chi connectivity index (χ0v) is 14.6. The van der Waals surface area contributed by atoms with Crippen LogP contribution in [0.1, 0.15) is 27.0 Å². The molecule has 1 heterocycles. The van der Waals surface area contributed by atoms with Gasteiger partial charge in [-0.1, -0.05) is 0 Å². The van der Waals surface area contributed by atoms with Gasteiger partial charge < -0.3 is 9.47 Å². The molecule has 9 heteroatoms. The molecule has 0 fully saturated rings. The molecule has 0 amide bonds. The van der Waals surface area contributed by atoms with Gasteiger partial charge >= 0.3 is 11.9 Å². The Bertz CT molecular complexity index is 839. The first kappa shape index (κ1) is 18.0. The molecule has 1 aromatic heterocycles. The first-order chi connectivity index (χ1) is 11.4. The minimum absolute atomic E-state index is 0.00635. The van der Waals surface area contributed by atoms with Gasteiger partial charge in [0.2, 0.25) is 0 Å². The van der Waals surface area contributed by atoms with Crippen LogP contribution in [0, 0.1) is 0 Å². The van der Waals surface area contributed by atoms with Crippen molar-refractivity contribution in [3.8, 4) is 0 Å². The summed E-state index contributed by atoms with van der Waals surface area (Å²) in [7, 11) is -2.78. The highest BCUT2D eigenvalue weighted by Gasteiger charge is 2.24. The number of carbonyl (C=O) groups excluding carboxylic acids is 2. The zero-order chi connectivity index (χ0) is 17.7. The Balaban J connectivity index is 2.22. The number of hydrogen-bond acceptors (Lipinski definition) is 7. The van der Waals surface area contributed by atoms with Crippen molar-refractivity contribution in [3.63, 3.8) is 0 Å². The van der Waals surface area contributed by atoms with Gasteiger partial charge in [-0.3, -0.25) is 4.72 Å². The van der Waals surface area contributed by atoms with E-state index in [0.29, 0.717) is 5.56 Å². The van der Waals surface area contributed by atoms with Crippen LogP contribution in [0.5, 0.6) is 0 Å². The average Bonchev–Trinajstić information content (AvgIpc) is 3.05. The molecular weight excluding hydrogens is 354 g/mol. The topological polar surface area (TPSA) is 98.8 Å². The molecule has 0 radical (unpaired) electrons. The molecule has 0 saturated heterocycles. The summed E-state index contributed by atoms with van der Waals surface area (Å²) in [6.45, 7) is 1.95. The zero-order valence-electron chi connectivity index (χ0n) is 12.9. The van der Waals surface area contributed by atoms with Crippen LogP contribution in [0.4, 0.5) is 5.69 Å². The molecule has 0 aliphatic rings. The van der Waals surface area contributed by atoms with E-state index in [1.165, 1.54) is 42.8 Å². The Morgan fingerprint density at radius 3 is 2.38 bits per heavy atom. The Labute approximate surface area is 143 Å². The van der Waals surface area contributed by atoms with Gasteiger partial charge in [0.1, 0.15) is 9.77 Å². The van der Waals surface area contributed by atoms with E-state index in [4.69, 9.17) is 4.74 Å². The molecule has 0 saturated carbocycles. The molecule has 0 aliphatic carbocycles. The maximum absolute atomic E-state index is 12.4. The highest BCUT2D eigenvalue weighted by Crippen LogP contribution is 2.25. The van der Waals surface area contributed by atoms with Crippen LogP contribution in [0.15, 0.2) is 40.6 Å². The second-order valence-electron chi connectivity index (χ2n) is 4.51. The lowest BCUT2D eigenvalue weighted by Gasteiger charge is -2.09. The minimum atomic E-state index is -3.96. The number of methoxy groups -OCH3 is 1. The third kappa shape index (κ3) is 3.92. The van der Waals surface area contributed by atoms with E-state index in [1.54, 1.807) is 6.92 Å². The summed E-state index contributed by atoms with van der Waals surface area (Å²) in [5, 5.41) is 1.49. The molecule has 0 aliphatic heterocycles. The summed E-state index contributed by atoms with van der Waals surface area (Å²) >= 11 is 0.977. The van der Waals surface area contributed by atoms with Crippen molar-refractivity contribution >= 4 is 39.0 Å². The summed E-state index contributed by atoms with van der Waals surface area (Å²) in [4.78, 5) is 23.0. The Kier molecular flexibility index (Phi) is 5.58. The van der Waals surface area contributed by atoms with E-state index < -0.39 is 22.0 Å². The molecule has 2 rings (SSSR count). The van der Waals surface area contributed by atoms with Gasteiger partial charge in [0.05, 0.1) is 19.3 Å². The number of hydrogen-bond donors (Lipinski definition) is 1. The molecule has 1 aromatic carbocycles. The third-order valence-electron chi connectivity index (χ3n) is 2.94. The fourth-order valence-electron chi connectivity index (χ4n) is 1.85. The second kappa shape index (κ2) is 7.45. The molecule has 0 spiro atoms. The summed E-state index contributed by atoms with van der Waals surface area (Å²) in [5.41, 5.74) is 0.565. The fraction of sp³-hybridized carbons (Fsp3) is 0.200. The first-order valence-electron chi connectivity index (χ1n) is 6.85. The van der Waals surface area contributed by atoms with Crippen LogP contribution in [0.25, 0.3) is 0 Å². The van der Waals surface area contributed by atoms with Gasteiger partial charge in [-0.15, -0.1) is 11.3 Å². The molecule has 0 atom stereocenters. The normalized spacial score (nSPS) is 10.9. The molecule has 0 bridgehead atoms. The molecule has 1 N–H and O–H groups in total. The lowest BCUT2D eigenvalue weighted by molar-refractivity contribution is 0.0525. The van der Waals surface area contributed by atoms with Crippen molar-refractivity contribution in [1.29, 1.82) is 0 Å². The number of carbonyl (C=O) groups is 2. The highest BCUT2D eigenvalue weighted by molar-refractivity contribution is 7.93. The quantitative estimate of drug-likeness (QED) is 0.786. The number of benzene rings is 1. The van der Waals surface area contributed by atoms with Crippen LogP contribution in [0.2, 0.25) is 0 Å². The number of thiophene rings is 1. The summed E-state index contributed by atoms with van der Waals surface area (Å²) in [6.07, 6.45) is 0.